The summed E-state index contributed by atoms with van der Waals surface area (Å²) in [6, 6.07) is 6.09. The molecule has 0 saturated carbocycles. The molecule has 0 atom stereocenters. The fraction of sp³-hybridized carbons (Fsp3) is 0.125. The number of aromatic nitrogens is 1. The third-order valence-corrected chi connectivity index (χ3v) is 3.56. The minimum Gasteiger partial charge on any atom is -0.493 e. The first kappa shape index (κ1) is 19.5. The maximum absolute atomic E-state index is 12.0. The van der Waals surface area contributed by atoms with Crippen molar-refractivity contribution in [3.05, 3.63) is 51.8 Å². The van der Waals surface area contributed by atoms with Crippen molar-refractivity contribution in [3.8, 4) is 11.5 Å². The third kappa shape index (κ3) is 5.08. The zero-order valence-corrected chi connectivity index (χ0v) is 14.9. The molecule has 0 aliphatic heterocycles. The minimum absolute atomic E-state index is 0.0600. The average Bonchev–Trinajstić information content (AvgIpc) is 2.60. The molecule has 0 saturated heterocycles. The standard InChI is InChI=1S/C16H13Cl2N3O5/c1-25-12-6-9(5-11(17)14(12)26-8-13(22)23)7-20-21-16(24)10-3-2-4-19-15(10)18/h2-7H,8H2,1H3,(H,21,24)(H,22,23). The molecule has 26 heavy (non-hydrogen) atoms. The number of pyridine rings is 1. The molecular weight excluding hydrogens is 385 g/mol. The number of hydrogen-bond donors (Lipinski definition) is 2. The van der Waals surface area contributed by atoms with Gasteiger partial charge in [-0.15, -0.1) is 0 Å². The van der Waals surface area contributed by atoms with E-state index < -0.39 is 18.5 Å². The van der Waals surface area contributed by atoms with E-state index in [0.717, 1.165) is 0 Å². The van der Waals surface area contributed by atoms with E-state index in [1.54, 1.807) is 6.07 Å². The second-order valence-electron chi connectivity index (χ2n) is 4.76. The molecule has 0 fully saturated rings. The van der Waals surface area contributed by atoms with Crippen LogP contribution in [0.3, 0.4) is 0 Å². The van der Waals surface area contributed by atoms with Gasteiger partial charge in [0, 0.05) is 6.20 Å². The van der Waals surface area contributed by atoms with Crippen molar-refractivity contribution in [2.45, 2.75) is 0 Å². The van der Waals surface area contributed by atoms with Gasteiger partial charge in [0.25, 0.3) is 5.91 Å². The van der Waals surface area contributed by atoms with E-state index in [-0.39, 0.29) is 27.2 Å². The Morgan fingerprint density at radius 1 is 1.38 bits per heavy atom. The lowest BCUT2D eigenvalue weighted by Gasteiger charge is -2.11. The van der Waals surface area contributed by atoms with Crippen molar-refractivity contribution in [3.63, 3.8) is 0 Å². The number of hydrogen-bond acceptors (Lipinski definition) is 6. The molecule has 2 N–H and O–H groups in total. The number of carbonyl (C=O) groups is 2. The van der Waals surface area contributed by atoms with Crippen molar-refractivity contribution < 1.29 is 24.2 Å². The van der Waals surface area contributed by atoms with Crippen LogP contribution >= 0.6 is 23.2 Å². The Morgan fingerprint density at radius 2 is 2.15 bits per heavy atom. The summed E-state index contributed by atoms with van der Waals surface area (Å²) in [5.74, 6) is -1.36. The number of nitrogens with one attached hydrogen (secondary N) is 1. The molecule has 0 bridgehead atoms. The Hall–Kier alpha value is -2.84. The fourth-order valence-corrected chi connectivity index (χ4v) is 2.35. The lowest BCUT2D eigenvalue weighted by molar-refractivity contribution is -0.139. The highest BCUT2D eigenvalue weighted by molar-refractivity contribution is 6.33. The van der Waals surface area contributed by atoms with Gasteiger partial charge in [-0.3, -0.25) is 4.79 Å². The summed E-state index contributed by atoms with van der Waals surface area (Å²) in [5.41, 5.74) is 2.99. The molecule has 1 aromatic heterocycles. The Labute approximate surface area is 158 Å². The van der Waals surface area contributed by atoms with Gasteiger partial charge in [-0.05, 0) is 29.8 Å². The van der Waals surface area contributed by atoms with E-state index in [2.05, 4.69) is 15.5 Å². The molecule has 0 unspecified atom stereocenters. The van der Waals surface area contributed by atoms with Gasteiger partial charge in [0.05, 0.1) is 23.9 Å². The van der Waals surface area contributed by atoms with Gasteiger partial charge in [0.15, 0.2) is 18.1 Å². The number of ether oxygens (including phenoxy) is 2. The first-order chi connectivity index (χ1) is 12.4. The van der Waals surface area contributed by atoms with Crippen LogP contribution in [-0.2, 0) is 4.79 Å². The van der Waals surface area contributed by atoms with Gasteiger partial charge < -0.3 is 14.6 Å². The highest BCUT2D eigenvalue weighted by atomic mass is 35.5. The lowest BCUT2D eigenvalue weighted by Crippen LogP contribution is -2.18. The molecule has 8 nitrogen and oxygen atoms in total. The van der Waals surface area contributed by atoms with Crippen LogP contribution in [0.1, 0.15) is 15.9 Å². The normalized spacial score (nSPS) is 10.6. The second-order valence-corrected chi connectivity index (χ2v) is 5.52. The number of methoxy groups -OCH3 is 1. The Bertz CT molecular complexity index is 858. The van der Waals surface area contributed by atoms with E-state index in [0.29, 0.717) is 5.56 Å². The van der Waals surface area contributed by atoms with Crippen LogP contribution < -0.4 is 14.9 Å². The fourth-order valence-electron chi connectivity index (χ4n) is 1.87. The van der Waals surface area contributed by atoms with Crippen LogP contribution in [0.15, 0.2) is 35.6 Å². The molecule has 0 aliphatic rings. The van der Waals surface area contributed by atoms with Crippen LogP contribution in [0, 0.1) is 0 Å². The van der Waals surface area contributed by atoms with Gasteiger partial charge in [-0.2, -0.15) is 5.10 Å². The van der Waals surface area contributed by atoms with E-state index >= 15 is 0 Å². The van der Waals surface area contributed by atoms with Crippen LogP contribution in [0.5, 0.6) is 11.5 Å². The molecule has 136 valence electrons. The zero-order chi connectivity index (χ0) is 19.1. The quantitative estimate of drug-likeness (QED) is 0.422. The molecule has 1 heterocycles. The van der Waals surface area contributed by atoms with Crippen LogP contribution in [0.2, 0.25) is 10.2 Å². The SMILES string of the molecule is COc1cc(C=NNC(=O)c2cccnc2Cl)cc(Cl)c1OCC(=O)O. The van der Waals surface area contributed by atoms with E-state index in [4.69, 9.17) is 37.8 Å². The van der Waals surface area contributed by atoms with Crippen LogP contribution in [0.25, 0.3) is 0 Å². The summed E-state index contributed by atoms with van der Waals surface area (Å²) in [6.07, 6.45) is 2.79. The Morgan fingerprint density at radius 3 is 2.81 bits per heavy atom. The maximum Gasteiger partial charge on any atom is 0.341 e. The molecule has 1 aromatic carbocycles. The summed E-state index contributed by atoms with van der Waals surface area (Å²) in [4.78, 5) is 26.4. The van der Waals surface area contributed by atoms with E-state index in [1.165, 1.54) is 37.7 Å². The Balaban J connectivity index is 2.13. The summed E-state index contributed by atoms with van der Waals surface area (Å²) in [5, 5.41) is 12.7. The van der Waals surface area contributed by atoms with Crippen molar-refractivity contribution in [2.75, 3.05) is 13.7 Å². The molecule has 10 heteroatoms. The molecular formula is C16H13Cl2N3O5. The van der Waals surface area contributed by atoms with Gasteiger partial charge in [0.2, 0.25) is 0 Å². The van der Waals surface area contributed by atoms with Crippen molar-refractivity contribution in [2.24, 2.45) is 5.10 Å². The monoisotopic (exact) mass is 397 g/mol. The molecule has 1 amide bonds. The molecule has 0 aliphatic carbocycles. The highest BCUT2D eigenvalue weighted by Gasteiger charge is 2.13. The summed E-state index contributed by atoms with van der Waals surface area (Å²) in [6.45, 7) is -0.564. The second kappa shape index (κ2) is 9.02. The van der Waals surface area contributed by atoms with Crippen LogP contribution in [-0.4, -0.2) is 41.9 Å². The number of benzene rings is 1. The molecule has 2 rings (SSSR count). The maximum atomic E-state index is 12.0. The van der Waals surface area contributed by atoms with Gasteiger partial charge in [-0.25, -0.2) is 15.2 Å². The van der Waals surface area contributed by atoms with Crippen molar-refractivity contribution >= 4 is 41.3 Å². The van der Waals surface area contributed by atoms with E-state index in [1.807, 2.05) is 0 Å². The summed E-state index contributed by atoms with van der Waals surface area (Å²) < 4.78 is 10.2. The predicted molar refractivity (Wildman–Crippen MR) is 95.4 cm³/mol. The van der Waals surface area contributed by atoms with Crippen molar-refractivity contribution in [1.29, 1.82) is 0 Å². The van der Waals surface area contributed by atoms with Crippen molar-refractivity contribution in [1.82, 2.24) is 10.4 Å². The van der Waals surface area contributed by atoms with E-state index in [9.17, 15) is 9.59 Å². The minimum atomic E-state index is -1.15. The number of aliphatic carboxylic acids is 1. The largest absolute Gasteiger partial charge is 0.493 e. The first-order valence-electron chi connectivity index (χ1n) is 7.08. The number of carboxylic acids is 1. The van der Waals surface area contributed by atoms with Gasteiger partial charge >= 0.3 is 5.97 Å². The molecule has 0 radical (unpaired) electrons. The smallest absolute Gasteiger partial charge is 0.341 e. The first-order valence-corrected chi connectivity index (χ1v) is 7.84. The Kier molecular flexibility index (Phi) is 6.76. The lowest BCUT2D eigenvalue weighted by atomic mass is 10.2. The topological polar surface area (TPSA) is 110 Å². The number of nitrogens with zero attached hydrogens (tertiary/aromatic N) is 2. The number of amides is 1. The number of halogens is 2. The zero-order valence-electron chi connectivity index (χ0n) is 13.4. The number of carbonyl (C=O) groups excluding carboxylic acids is 1. The number of hydrazone groups is 1. The average molecular weight is 398 g/mol. The van der Waals surface area contributed by atoms with Gasteiger partial charge in [0.1, 0.15) is 5.15 Å². The third-order valence-electron chi connectivity index (χ3n) is 2.98. The van der Waals surface area contributed by atoms with Crippen LogP contribution in [0.4, 0.5) is 0 Å². The molecule has 0 spiro atoms. The highest BCUT2D eigenvalue weighted by Crippen LogP contribution is 2.36. The number of rotatable bonds is 7. The number of carboxylic acid groups (broad SMARTS) is 1. The summed E-state index contributed by atoms with van der Waals surface area (Å²) in [7, 11) is 1.38. The predicted octanol–water partition coefficient (Wildman–Crippen LogP) is 2.62. The van der Waals surface area contributed by atoms with Gasteiger partial charge in [-0.1, -0.05) is 23.2 Å². The molecule has 2 aromatic rings. The summed E-state index contributed by atoms with van der Waals surface area (Å²) >= 11 is 11.9.